The predicted molar refractivity (Wildman–Crippen MR) is 118 cm³/mol. The van der Waals surface area contributed by atoms with Crippen molar-refractivity contribution >= 4 is 15.6 Å². The minimum absolute atomic E-state index is 0.132. The molecule has 27 heavy (non-hydrogen) atoms. The minimum atomic E-state index is -2.29. The molecule has 0 saturated heterocycles. The average Bonchev–Trinajstić information content (AvgIpc) is 2.48. The topological polar surface area (TPSA) is 23.6 Å². The fourth-order valence-electron chi connectivity index (χ4n) is 3.30. The van der Waals surface area contributed by atoms with Crippen LogP contribution in [-0.2, 0) is 16.1 Å². The summed E-state index contributed by atoms with van der Waals surface area (Å²) < 4.78 is 27.9. The first-order valence-corrected chi connectivity index (χ1v) is 11.8. The summed E-state index contributed by atoms with van der Waals surface area (Å²) in [5, 5.41) is 0. The molecule has 0 fully saturated rings. The summed E-state index contributed by atoms with van der Waals surface area (Å²) >= 11 is 0. The Morgan fingerprint density at radius 1 is 1.04 bits per heavy atom. The van der Waals surface area contributed by atoms with Crippen molar-refractivity contribution in [3.05, 3.63) is 35.6 Å². The molecular weight excluding hydrogens is 359 g/mol. The van der Waals surface area contributed by atoms with Crippen molar-refractivity contribution in [2.45, 2.75) is 66.5 Å². The van der Waals surface area contributed by atoms with Gasteiger partial charge in [-0.1, -0.05) is 32.9 Å². The summed E-state index contributed by atoms with van der Waals surface area (Å²) in [5.74, 6) is 3.71. The van der Waals surface area contributed by atoms with Gasteiger partial charge in [0.1, 0.15) is 5.82 Å². The third-order valence-corrected chi connectivity index (χ3v) is 6.87. The third kappa shape index (κ3) is 7.92. The molecule has 0 aromatic heterocycles. The Balaban J connectivity index is 2.92. The van der Waals surface area contributed by atoms with Crippen LogP contribution in [0.25, 0.3) is 0 Å². The molecule has 0 bridgehead atoms. The molecule has 3 nitrogen and oxygen atoms in total. The molecule has 0 saturated carbocycles. The van der Waals surface area contributed by atoms with E-state index >= 15 is 0 Å². The fraction of sp³-hybridized carbons (Fsp3) is 0.682. The van der Waals surface area contributed by atoms with Crippen LogP contribution < -0.4 is 0 Å². The van der Waals surface area contributed by atoms with Crippen molar-refractivity contribution < 1.29 is 8.60 Å². The van der Waals surface area contributed by atoms with Crippen molar-refractivity contribution in [3.8, 4) is 0 Å². The molecule has 0 spiro atoms. The third-order valence-electron chi connectivity index (χ3n) is 5.21. The van der Waals surface area contributed by atoms with Crippen LogP contribution in [0.15, 0.2) is 24.3 Å². The van der Waals surface area contributed by atoms with E-state index in [9.17, 15) is 8.60 Å². The molecule has 2 unspecified atom stereocenters. The molecular formula is C22H39FN2OS. The second-order valence-corrected chi connectivity index (χ2v) is 12.0. The van der Waals surface area contributed by atoms with Crippen LogP contribution in [0.4, 0.5) is 4.39 Å². The molecule has 0 amide bonds. The van der Waals surface area contributed by atoms with Crippen LogP contribution in [0, 0.1) is 11.2 Å². The molecule has 0 aliphatic carbocycles. The Morgan fingerprint density at radius 3 is 1.96 bits per heavy atom. The lowest BCUT2D eigenvalue weighted by Crippen LogP contribution is -2.51. The number of benzene rings is 1. The zero-order chi connectivity index (χ0) is 21.0. The van der Waals surface area contributed by atoms with Crippen LogP contribution in [0.3, 0.4) is 0 Å². The van der Waals surface area contributed by atoms with Crippen LogP contribution in [0.5, 0.6) is 0 Å². The van der Waals surface area contributed by atoms with Gasteiger partial charge in [-0.25, -0.2) is 8.70 Å². The normalized spacial score (nSPS) is 16.6. The molecule has 1 aromatic carbocycles. The number of halogens is 1. The highest BCUT2D eigenvalue weighted by Gasteiger charge is 2.30. The smallest absolute Gasteiger partial charge is 0.123 e. The van der Waals surface area contributed by atoms with Gasteiger partial charge in [-0.2, -0.15) is 0 Å². The Hall–Kier alpha value is -0.910. The first-order chi connectivity index (χ1) is 12.1. The maximum atomic E-state index is 13.2. The highest BCUT2D eigenvalue weighted by Crippen LogP contribution is 2.25. The van der Waals surface area contributed by atoms with Gasteiger partial charge < -0.3 is 0 Å². The highest BCUT2D eigenvalue weighted by molar-refractivity contribution is 7.97. The van der Waals surface area contributed by atoms with Crippen molar-refractivity contribution in [3.63, 3.8) is 0 Å². The Morgan fingerprint density at radius 2 is 1.56 bits per heavy atom. The number of rotatable bonds is 8. The molecule has 0 aliphatic heterocycles. The van der Waals surface area contributed by atoms with Crippen LogP contribution in [-0.4, -0.2) is 56.8 Å². The molecule has 0 radical (unpaired) electrons. The van der Waals surface area contributed by atoms with Crippen molar-refractivity contribution in [1.82, 2.24) is 9.21 Å². The van der Waals surface area contributed by atoms with Crippen LogP contribution >= 0.6 is 0 Å². The van der Waals surface area contributed by atoms with Gasteiger partial charge in [0.15, 0.2) is 0 Å². The fourth-order valence-corrected chi connectivity index (χ4v) is 4.92. The summed E-state index contributed by atoms with van der Waals surface area (Å²) in [4.78, 5) is 2.45. The molecule has 1 rings (SSSR count). The van der Waals surface area contributed by atoms with Gasteiger partial charge in [0.25, 0.3) is 0 Å². The predicted octanol–water partition coefficient (Wildman–Crippen LogP) is 4.47. The van der Waals surface area contributed by atoms with E-state index < -0.39 is 9.71 Å². The summed E-state index contributed by atoms with van der Waals surface area (Å²) in [7, 11) is -2.29. The maximum Gasteiger partial charge on any atom is 0.123 e. The second kappa shape index (κ2) is 9.06. The van der Waals surface area contributed by atoms with E-state index in [1.54, 1.807) is 6.26 Å². The van der Waals surface area contributed by atoms with Gasteiger partial charge in [0, 0.05) is 47.2 Å². The molecule has 5 heteroatoms. The Kier molecular flexibility index (Phi) is 8.10. The van der Waals surface area contributed by atoms with Crippen molar-refractivity contribution in [2.75, 3.05) is 25.9 Å². The van der Waals surface area contributed by atoms with E-state index in [2.05, 4.69) is 59.2 Å². The average molecular weight is 399 g/mol. The number of hydrogen-bond donors (Lipinski definition) is 0. The summed E-state index contributed by atoms with van der Waals surface area (Å²) in [6, 6.07) is 7.10. The minimum Gasteiger partial charge on any atom is -0.299 e. The quantitative estimate of drug-likeness (QED) is 0.603. The van der Waals surface area contributed by atoms with Crippen molar-refractivity contribution in [1.29, 1.82) is 0 Å². The van der Waals surface area contributed by atoms with Gasteiger partial charge in [-0.3, -0.25) is 9.11 Å². The second-order valence-electron chi connectivity index (χ2n) is 9.69. The van der Waals surface area contributed by atoms with Gasteiger partial charge >= 0.3 is 0 Å². The zero-order valence-electron chi connectivity index (χ0n) is 18.5. The first-order valence-electron chi connectivity index (χ1n) is 9.71. The molecule has 1 aromatic rings. The van der Waals surface area contributed by atoms with E-state index in [0.717, 1.165) is 25.1 Å². The van der Waals surface area contributed by atoms with Crippen LogP contribution in [0.1, 0.15) is 54.0 Å². The number of hydrogen-bond acceptors (Lipinski definition) is 2. The zero-order valence-corrected chi connectivity index (χ0v) is 19.3. The highest BCUT2D eigenvalue weighted by atomic mass is 32.2. The molecule has 0 aliphatic rings. The Bertz CT molecular complexity index is 685. The molecule has 0 N–H and O–H groups in total. The van der Waals surface area contributed by atoms with E-state index in [0.29, 0.717) is 12.6 Å². The van der Waals surface area contributed by atoms with E-state index in [1.807, 2.05) is 16.4 Å². The lowest BCUT2D eigenvalue weighted by atomic mass is 9.86. The lowest BCUT2D eigenvalue weighted by Gasteiger charge is -2.41. The molecule has 2 atom stereocenters. The summed E-state index contributed by atoms with van der Waals surface area (Å²) in [5.41, 5.74) is 1.06. The van der Waals surface area contributed by atoms with Gasteiger partial charge in [-0.15, -0.1) is 0 Å². The number of nitrogens with zero attached hydrogens (tertiary/aromatic N) is 2. The van der Waals surface area contributed by atoms with E-state index in [-0.39, 0.29) is 16.8 Å². The standard InChI is InChI=1S/C22H39FN2OS/c1-18(21(2,3)4)24(15-14-19-10-12-20(23)13-11-19)16-17-25(22(5,6)7)27(8,9)26/h10-13,18H,8,14-17H2,1-7,9H3. The van der Waals surface area contributed by atoms with Gasteiger partial charge in [0.05, 0.1) is 0 Å². The first kappa shape index (κ1) is 24.1. The van der Waals surface area contributed by atoms with Crippen LogP contribution in [0.2, 0.25) is 0 Å². The maximum absolute atomic E-state index is 13.2. The summed E-state index contributed by atoms with van der Waals surface area (Å²) in [6.07, 6.45) is 2.58. The van der Waals surface area contributed by atoms with Gasteiger partial charge in [-0.05, 0) is 63.1 Å². The van der Waals surface area contributed by atoms with E-state index in [1.165, 1.54) is 12.1 Å². The van der Waals surface area contributed by atoms with Crippen molar-refractivity contribution in [2.24, 2.45) is 5.41 Å². The summed E-state index contributed by atoms with van der Waals surface area (Å²) in [6.45, 7) is 17.6. The Labute approximate surface area is 167 Å². The monoisotopic (exact) mass is 398 g/mol. The molecule has 0 heterocycles. The molecule has 156 valence electrons. The van der Waals surface area contributed by atoms with Gasteiger partial charge in [0.2, 0.25) is 0 Å². The lowest BCUT2D eigenvalue weighted by molar-refractivity contribution is 0.101. The SMILES string of the molecule is C=S(C)(=O)N(CCN(CCc1ccc(F)cc1)C(C)C(C)(C)C)C(C)(C)C. The van der Waals surface area contributed by atoms with E-state index in [4.69, 9.17) is 0 Å². The largest absolute Gasteiger partial charge is 0.299 e.